The van der Waals surface area contributed by atoms with Crippen LogP contribution in [0.2, 0.25) is 0 Å². The molecule has 150 valence electrons. The Morgan fingerprint density at radius 2 is 1.93 bits per heavy atom. The van der Waals surface area contributed by atoms with E-state index in [2.05, 4.69) is 20.0 Å². The molecule has 5 rings (SSSR count). The minimum Gasteiger partial charge on any atom is -0.369 e. The lowest BCUT2D eigenvalue weighted by atomic mass is 10.1. The zero-order valence-electron chi connectivity index (χ0n) is 16.1. The van der Waals surface area contributed by atoms with E-state index in [1.165, 1.54) is 17.0 Å². The minimum absolute atomic E-state index is 0.120. The lowest BCUT2D eigenvalue weighted by molar-refractivity contribution is 0.0204. The maximum absolute atomic E-state index is 13.4. The van der Waals surface area contributed by atoms with Crippen LogP contribution in [0, 0.1) is 5.82 Å². The first-order valence-corrected chi connectivity index (χ1v) is 9.84. The van der Waals surface area contributed by atoms with Crippen molar-refractivity contribution in [1.82, 2.24) is 15.1 Å². The van der Waals surface area contributed by atoms with E-state index in [1.54, 1.807) is 12.1 Å². The molecule has 1 unspecified atom stereocenters. The number of hydrogen-bond acceptors (Lipinski definition) is 5. The number of aliphatic hydroxyl groups is 1. The van der Waals surface area contributed by atoms with E-state index in [0.717, 1.165) is 43.1 Å². The van der Waals surface area contributed by atoms with Gasteiger partial charge in [0.1, 0.15) is 5.82 Å². The van der Waals surface area contributed by atoms with E-state index in [-0.39, 0.29) is 11.7 Å². The molecular formula is C21H22FN5O2. The molecule has 8 heteroatoms. The zero-order valence-corrected chi connectivity index (χ0v) is 16.1. The van der Waals surface area contributed by atoms with Crippen molar-refractivity contribution in [2.75, 3.05) is 42.5 Å². The first kappa shape index (κ1) is 17.9. The number of carbonyl (C=O) groups excluding carboxylic acids is 1. The van der Waals surface area contributed by atoms with Gasteiger partial charge in [-0.1, -0.05) is 6.07 Å². The van der Waals surface area contributed by atoms with Gasteiger partial charge >= 0.3 is 0 Å². The molecule has 2 aliphatic rings. The summed E-state index contributed by atoms with van der Waals surface area (Å²) >= 11 is 0. The van der Waals surface area contributed by atoms with Crippen LogP contribution in [0.15, 0.2) is 36.4 Å². The van der Waals surface area contributed by atoms with Gasteiger partial charge in [-0.3, -0.25) is 9.89 Å². The number of nitrogens with one attached hydrogen (secondary N) is 1. The van der Waals surface area contributed by atoms with Crippen molar-refractivity contribution in [3.05, 3.63) is 53.3 Å². The maximum Gasteiger partial charge on any atom is 0.256 e. The Morgan fingerprint density at radius 1 is 1.17 bits per heavy atom. The summed E-state index contributed by atoms with van der Waals surface area (Å²) in [7, 11) is 0. The molecule has 29 heavy (non-hydrogen) atoms. The highest BCUT2D eigenvalue weighted by Crippen LogP contribution is 2.39. The molecule has 0 aliphatic carbocycles. The Kier molecular flexibility index (Phi) is 4.16. The zero-order chi connectivity index (χ0) is 20.1. The molecule has 0 saturated carbocycles. The van der Waals surface area contributed by atoms with Crippen molar-refractivity contribution in [2.24, 2.45) is 0 Å². The van der Waals surface area contributed by atoms with Crippen LogP contribution in [-0.4, -0.2) is 58.8 Å². The summed E-state index contributed by atoms with van der Waals surface area (Å²) in [5, 5.41) is 18.9. The molecule has 0 bridgehead atoms. The molecule has 0 radical (unpaired) electrons. The number of aromatic amines is 1. The number of hydrogen-bond donors (Lipinski definition) is 2. The van der Waals surface area contributed by atoms with Crippen LogP contribution in [0.5, 0.6) is 0 Å². The Morgan fingerprint density at radius 3 is 2.69 bits per heavy atom. The lowest BCUT2D eigenvalue weighted by Gasteiger charge is -2.37. The van der Waals surface area contributed by atoms with Crippen LogP contribution >= 0.6 is 0 Å². The second kappa shape index (κ2) is 6.73. The van der Waals surface area contributed by atoms with E-state index >= 15 is 0 Å². The molecule has 1 saturated heterocycles. The van der Waals surface area contributed by atoms with Gasteiger partial charge in [-0.2, -0.15) is 5.10 Å². The van der Waals surface area contributed by atoms with Gasteiger partial charge in [0.05, 0.1) is 5.52 Å². The van der Waals surface area contributed by atoms with Crippen molar-refractivity contribution >= 4 is 28.3 Å². The number of fused-ring (bicyclic) bond motifs is 2. The van der Waals surface area contributed by atoms with Crippen LogP contribution in [0.25, 0.3) is 10.9 Å². The highest BCUT2D eigenvalue weighted by molar-refractivity contribution is 6.00. The highest BCUT2D eigenvalue weighted by Gasteiger charge is 2.37. The summed E-state index contributed by atoms with van der Waals surface area (Å²) in [4.78, 5) is 18.4. The summed E-state index contributed by atoms with van der Waals surface area (Å²) in [6, 6.07) is 10.3. The van der Waals surface area contributed by atoms with Crippen molar-refractivity contribution in [2.45, 2.75) is 13.2 Å². The number of piperazine rings is 1. The molecule has 2 aromatic carbocycles. The third-order valence-corrected chi connectivity index (χ3v) is 5.89. The number of anilines is 2. The molecule has 1 atom stereocenters. The minimum atomic E-state index is -0.901. The standard InChI is InChI=1S/C21H22FN5O2/c1-2-27-20(28)15-4-3-5-17(18(15)21(27)29)25-8-10-26(11-9-25)19-14-7-6-13(22)12-16(14)23-24-19/h3-7,12,21,29H,2,8-11H2,1H3,(H,23,24). The normalized spacial score (nSPS) is 19.3. The number of rotatable bonds is 3. The van der Waals surface area contributed by atoms with E-state index in [9.17, 15) is 14.3 Å². The van der Waals surface area contributed by atoms with Gasteiger partial charge in [-0.25, -0.2) is 4.39 Å². The molecule has 7 nitrogen and oxygen atoms in total. The predicted octanol–water partition coefficient (Wildman–Crippen LogP) is 2.50. The SMILES string of the molecule is CCN1C(=O)c2cccc(N3CCN(c4n[nH]c5cc(F)ccc45)CC3)c2C1O. The molecule has 1 fully saturated rings. The van der Waals surface area contributed by atoms with E-state index < -0.39 is 6.23 Å². The van der Waals surface area contributed by atoms with E-state index in [4.69, 9.17) is 0 Å². The average molecular weight is 395 g/mol. The summed E-state index contributed by atoms with van der Waals surface area (Å²) in [6.07, 6.45) is -0.901. The molecule has 3 heterocycles. The number of H-pyrrole nitrogens is 1. The van der Waals surface area contributed by atoms with Gasteiger partial charge in [-0.05, 0) is 37.3 Å². The van der Waals surface area contributed by atoms with Crippen LogP contribution in [0.3, 0.4) is 0 Å². The average Bonchev–Trinajstić information content (AvgIpc) is 3.26. The van der Waals surface area contributed by atoms with Gasteiger partial charge in [-0.15, -0.1) is 0 Å². The maximum atomic E-state index is 13.4. The van der Waals surface area contributed by atoms with Gasteiger partial charge in [0, 0.05) is 54.9 Å². The second-order valence-electron chi connectivity index (χ2n) is 7.41. The van der Waals surface area contributed by atoms with E-state index in [1.807, 2.05) is 19.1 Å². The molecule has 1 aromatic heterocycles. The van der Waals surface area contributed by atoms with Crippen LogP contribution < -0.4 is 9.80 Å². The number of aliphatic hydroxyl groups excluding tert-OH is 1. The van der Waals surface area contributed by atoms with Crippen molar-refractivity contribution in [3.63, 3.8) is 0 Å². The fourth-order valence-electron chi connectivity index (χ4n) is 4.40. The first-order chi connectivity index (χ1) is 14.1. The number of carbonyl (C=O) groups is 1. The fourth-order valence-corrected chi connectivity index (χ4v) is 4.40. The fraction of sp³-hybridized carbons (Fsp3) is 0.333. The molecular weight excluding hydrogens is 373 g/mol. The highest BCUT2D eigenvalue weighted by atomic mass is 19.1. The number of amides is 1. The lowest BCUT2D eigenvalue weighted by Crippen LogP contribution is -2.47. The topological polar surface area (TPSA) is 75.7 Å². The molecule has 2 aliphatic heterocycles. The van der Waals surface area contributed by atoms with Gasteiger partial charge in [0.25, 0.3) is 5.91 Å². The number of aromatic nitrogens is 2. The van der Waals surface area contributed by atoms with Crippen molar-refractivity contribution < 1.29 is 14.3 Å². The monoisotopic (exact) mass is 395 g/mol. The summed E-state index contributed by atoms with van der Waals surface area (Å²) < 4.78 is 13.4. The third kappa shape index (κ3) is 2.74. The van der Waals surface area contributed by atoms with Crippen LogP contribution in [0.4, 0.5) is 15.9 Å². The number of nitrogens with zero attached hydrogens (tertiary/aromatic N) is 4. The summed E-state index contributed by atoms with van der Waals surface area (Å²) in [6.45, 7) is 5.28. The number of halogens is 1. The van der Waals surface area contributed by atoms with Crippen LogP contribution in [-0.2, 0) is 0 Å². The quantitative estimate of drug-likeness (QED) is 0.713. The molecule has 0 spiro atoms. The van der Waals surface area contributed by atoms with Crippen LogP contribution in [0.1, 0.15) is 29.1 Å². The van der Waals surface area contributed by atoms with Gasteiger partial charge in [0.15, 0.2) is 12.0 Å². The first-order valence-electron chi connectivity index (χ1n) is 9.84. The van der Waals surface area contributed by atoms with Crippen molar-refractivity contribution in [1.29, 1.82) is 0 Å². The largest absolute Gasteiger partial charge is 0.369 e. The van der Waals surface area contributed by atoms with E-state index in [0.29, 0.717) is 23.2 Å². The molecule has 2 N–H and O–H groups in total. The Hall–Kier alpha value is -3.13. The summed E-state index contributed by atoms with van der Waals surface area (Å²) in [5.74, 6) is 0.417. The predicted molar refractivity (Wildman–Crippen MR) is 109 cm³/mol. The third-order valence-electron chi connectivity index (χ3n) is 5.89. The Bertz CT molecular complexity index is 1090. The number of benzene rings is 2. The molecule has 3 aromatic rings. The summed E-state index contributed by atoms with van der Waals surface area (Å²) in [5.41, 5.74) is 2.88. The molecule has 1 amide bonds. The second-order valence-corrected chi connectivity index (χ2v) is 7.41. The van der Waals surface area contributed by atoms with Crippen molar-refractivity contribution in [3.8, 4) is 0 Å². The van der Waals surface area contributed by atoms with Gasteiger partial charge in [0.2, 0.25) is 0 Å². The smallest absolute Gasteiger partial charge is 0.256 e. The van der Waals surface area contributed by atoms with Gasteiger partial charge < -0.3 is 19.8 Å². The Labute approximate surface area is 167 Å². The Balaban J connectivity index is 1.39.